The highest BCUT2D eigenvalue weighted by molar-refractivity contribution is 8.15. The first-order chi connectivity index (χ1) is 13.4. The number of carbonyl (C=O) groups excluding carboxylic acids is 1. The molecule has 0 radical (unpaired) electrons. The number of rotatable bonds is 6. The lowest BCUT2D eigenvalue weighted by Gasteiger charge is -2.28. The predicted molar refractivity (Wildman–Crippen MR) is 106 cm³/mol. The molecule has 2 aliphatic heterocycles. The third kappa shape index (κ3) is 4.85. The molecule has 0 spiro atoms. The number of nitro benzene ring substituents is 1. The Morgan fingerprint density at radius 3 is 2.82 bits per heavy atom. The minimum Gasteiger partial charge on any atom is -0.481 e. The van der Waals surface area contributed by atoms with Crippen LogP contribution in [0.1, 0.15) is 31.2 Å². The second-order valence-electron chi connectivity index (χ2n) is 6.40. The van der Waals surface area contributed by atoms with Gasteiger partial charge >= 0.3 is 5.97 Å². The summed E-state index contributed by atoms with van der Waals surface area (Å²) < 4.78 is 0. The van der Waals surface area contributed by atoms with Gasteiger partial charge in [-0.05, 0) is 25.3 Å². The van der Waals surface area contributed by atoms with Crippen molar-refractivity contribution in [1.82, 2.24) is 5.32 Å². The van der Waals surface area contributed by atoms with Crippen LogP contribution in [0.2, 0.25) is 0 Å². The highest BCUT2D eigenvalue weighted by atomic mass is 32.2. The molecular formula is C17H19N5O5S. The number of carboxylic acids is 1. The molecule has 1 unspecified atom stereocenters. The van der Waals surface area contributed by atoms with Gasteiger partial charge in [-0.2, -0.15) is 5.10 Å². The van der Waals surface area contributed by atoms with Gasteiger partial charge in [0.25, 0.3) is 5.69 Å². The maximum absolute atomic E-state index is 11.7. The van der Waals surface area contributed by atoms with Gasteiger partial charge in [0.1, 0.15) is 10.9 Å². The number of nitrogens with zero attached hydrogens (tertiary/aromatic N) is 4. The van der Waals surface area contributed by atoms with E-state index >= 15 is 0 Å². The summed E-state index contributed by atoms with van der Waals surface area (Å²) in [5, 5.41) is 29.9. The number of nitro groups is 1. The van der Waals surface area contributed by atoms with Crippen LogP contribution in [0.4, 0.5) is 11.4 Å². The number of anilines is 1. The molecule has 0 aliphatic carbocycles. The van der Waals surface area contributed by atoms with E-state index in [0.717, 1.165) is 44.1 Å². The number of carbonyl (C=O) groups is 2. The molecular weight excluding hydrogens is 386 g/mol. The Kier molecular flexibility index (Phi) is 6.24. The number of carboxylic acid groups (broad SMARTS) is 1. The number of amidine groups is 1. The van der Waals surface area contributed by atoms with Crippen LogP contribution in [0.25, 0.3) is 0 Å². The number of benzene rings is 1. The number of nitrogens with one attached hydrogen (secondary N) is 1. The first kappa shape index (κ1) is 19.8. The summed E-state index contributed by atoms with van der Waals surface area (Å²) in [5.74, 6) is -1.50. The van der Waals surface area contributed by atoms with Crippen LogP contribution in [0, 0.1) is 10.1 Å². The maximum Gasteiger partial charge on any atom is 0.305 e. The molecule has 0 bridgehead atoms. The van der Waals surface area contributed by atoms with E-state index in [-0.39, 0.29) is 17.3 Å². The zero-order valence-electron chi connectivity index (χ0n) is 14.9. The predicted octanol–water partition coefficient (Wildman–Crippen LogP) is 1.98. The van der Waals surface area contributed by atoms with Crippen molar-refractivity contribution in [3.63, 3.8) is 0 Å². The second-order valence-corrected chi connectivity index (χ2v) is 7.59. The van der Waals surface area contributed by atoms with Crippen LogP contribution in [0.5, 0.6) is 0 Å². The van der Waals surface area contributed by atoms with Gasteiger partial charge in [0.2, 0.25) is 5.91 Å². The first-order valence-electron chi connectivity index (χ1n) is 8.78. The molecule has 11 heteroatoms. The Morgan fingerprint density at radius 1 is 1.39 bits per heavy atom. The normalized spacial score (nSPS) is 21.3. The van der Waals surface area contributed by atoms with Crippen molar-refractivity contribution in [2.45, 2.75) is 30.9 Å². The van der Waals surface area contributed by atoms with Gasteiger partial charge < -0.3 is 15.3 Å². The molecule has 2 aliphatic rings. The SMILES string of the molecule is O=C(O)CC1SC(=NN=Cc2ccc(N3CCCCC3)c([N+](=O)[O-])c2)NC1=O. The van der Waals surface area contributed by atoms with Crippen molar-refractivity contribution in [2.24, 2.45) is 10.2 Å². The highest BCUT2D eigenvalue weighted by Crippen LogP contribution is 2.31. The van der Waals surface area contributed by atoms with Crippen molar-refractivity contribution in [1.29, 1.82) is 0 Å². The summed E-state index contributed by atoms with van der Waals surface area (Å²) >= 11 is 0.991. The highest BCUT2D eigenvalue weighted by Gasteiger charge is 2.32. The fourth-order valence-corrected chi connectivity index (χ4v) is 3.98. The van der Waals surface area contributed by atoms with Gasteiger partial charge in [0, 0.05) is 24.7 Å². The lowest BCUT2D eigenvalue weighted by atomic mass is 10.1. The fraction of sp³-hybridized carbons (Fsp3) is 0.412. The van der Waals surface area contributed by atoms with Crippen molar-refractivity contribution < 1.29 is 19.6 Å². The van der Waals surface area contributed by atoms with Gasteiger partial charge in [0.05, 0.1) is 17.6 Å². The van der Waals surface area contributed by atoms with E-state index in [1.54, 1.807) is 12.1 Å². The summed E-state index contributed by atoms with van der Waals surface area (Å²) in [6.07, 6.45) is 4.23. The monoisotopic (exact) mass is 405 g/mol. The molecule has 1 atom stereocenters. The summed E-state index contributed by atoms with van der Waals surface area (Å²) in [7, 11) is 0. The molecule has 1 aromatic rings. The molecule has 2 fully saturated rings. The van der Waals surface area contributed by atoms with E-state index in [0.29, 0.717) is 11.3 Å². The molecule has 3 rings (SSSR count). The Balaban J connectivity index is 1.72. The molecule has 28 heavy (non-hydrogen) atoms. The van der Waals surface area contributed by atoms with Crippen molar-refractivity contribution >= 4 is 46.4 Å². The number of thioether (sulfide) groups is 1. The van der Waals surface area contributed by atoms with E-state index in [9.17, 15) is 19.7 Å². The van der Waals surface area contributed by atoms with Crippen molar-refractivity contribution in [2.75, 3.05) is 18.0 Å². The molecule has 1 amide bonds. The van der Waals surface area contributed by atoms with Crippen molar-refractivity contribution in [3.05, 3.63) is 33.9 Å². The van der Waals surface area contributed by atoms with Gasteiger partial charge in [0.15, 0.2) is 5.17 Å². The smallest absolute Gasteiger partial charge is 0.305 e. The summed E-state index contributed by atoms with van der Waals surface area (Å²) in [4.78, 5) is 35.5. The third-order valence-corrected chi connectivity index (χ3v) is 5.46. The molecule has 0 aromatic heterocycles. The second kappa shape index (κ2) is 8.83. The molecule has 1 aromatic carbocycles. The Morgan fingerprint density at radius 2 is 2.14 bits per heavy atom. The summed E-state index contributed by atoms with van der Waals surface area (Å²) in [6, 6.07) is 4.89. The zero-order valence-corrected chi connectivity index (χ0v) is 15.7. The number of hydrogen-bond acceptors (Lipinski definition) is 8. The van der Waals surface area contributed by atoms with Crippen LogP contribution in [0.15, 0.2) is 28.4 Å². The Labute approximate surface area is 164 Å². The number of aliphatic carboxylic acids is 1. The number of piperidine rings is 1. The van der Waals surface area contributed by atoms with E-state index in [4.69, 9.17) is 5.11 Å². The van der Waals surface area contributed by atoms with E-state index in [1.165, 1.54) is 12.3 Å². The van der Waals surface area contributed by atoms with Crippen LogP contribution >= 0.6 is 11.8 Å². The van der Waals surface area contributed by atoms with E-state index < -0.39 is 22.0 Å². The lowest BCUT2D eigenvalue weighted by molar-refractivity contribution is -0.384. The molecule has 2 N–H and O–H groups in total. The summed E-state index contributed by atoms with van der Waals surface area (Å²) in [5.41, 5.74) is 1.13. The minimum atomic E-state index is -1.07. The molecule has 2 heterocycles. The topological polar surface area (TPSA) is 138 Å². The minimum absolute atomic E-state index is 0.0172. The van der Waals surface area contributed by atoms with Crippen LogP contribution < -0.4 is 10.2 Å². The van der Waals surface area contributed by atoms with Gasteiger partial charge in [-0.15, -0.1) is 5.10 Å². The van der Waals surface area contributed by atoms with Crippen LogP contribution in [-0.2, 0) is 9.59 Å². The summed E-state index contributed by atoms with van der Waals surface area (Å²) in [6.45, 7) is 1.60. The standard InChI is InChI=1S/C17H19N5O5S/c23-15(24)9-14-16(25)19-17(28-14)20-18-10-11-4-5-12(13(8-11)22(26)27)21-6-2-1-3-7-21/h4-5,8,10,14H,1-3,6-7,9H2,(H,23,24)(H,19,20,25). The largest absolute Gasteiger partial charge is 0.481 e. The third-order valence-electron chi connectivity index (χ3n) is 4.38. The first-order valence-corrected chi connectivity index (χ1v) is 9.66. The van der Waals surface area contributed by atoms with Gasteiger partial charge in [-0.1, -0.05) is 17.8 Å². The Hall–Kier alpha value is -2.95. The van der Waals surface area contributed by atoms with Crippen molar-refractivity contribution in [3.8, 4) is 0 Å². The van der Waals surface area contributed by atoms with Gasteiger partial charge in [-0.25, -0.2) is 0 Å². The number of hydrogen-bond donors (Lipinski definition) is 2. The average Bonchev–Trinajstić information content (AvgIpc) is 3.01. The Bertz CT molecular complexity index is 850. The van der Waals surface area contributed by atoms with E-state index in [1.807, 2.05) is 4.90 Å². The maximum atomic E-state index is 11.7. The fourth-order valence-electron chi connectivity index (χ4n) is 3.06. The van der Waals surface area contributed by atoms with Crippen LogP contribution in [0.3, 0.4) is 0 Å². The van der Waals surface area contributed by atoms with Crippen LogP contribution in [-0.4, -0.2) is 51.6 Å². The molecule has 148 valence electrons. The average molecular weight is 405 g/mol. The molecule has 0 saturated carbocycles. The van der Waals surface area contributed by atoms with E-state index in [2.05, 4.69) is 15.5 Å². The quantitative estimate of drug-likeness (QED) is 0.419. The molecule has 10 nitrogen and oxygen atoms in total. The number of amides is 1. The zero-order chi connectivity index (χ0) is 20.1. The molecule has 2 saturated heterocycles. The van der Waals surface area contributed by atoms with Gasteiger partial charge in [-0.3, -0.25) is 19.7 Å². The lowest BCUT2D eigenvalue weighted by Crippen LogP contribution is -2.29.